The van der Waals surface area contributed by atoms with Crippen LogP contribution in [-0.4, -0.2) is 20.7 Å². The highest BCUT2D eigenvalue weighted by Crippen LogP contribution is 2.19. The molecular weight excluding hydrogens is 344 g/mol. The molecule has 0 N–H and O–H groups in total. The van der Waals surface area contributed by atoms with E-state index >= 15 is 0 Å². The Morgan fingerprint density at radius 2 is 2.19 bits per heavy atom. The summed E-state index contributed by atoms with van der Waals surface area (Å²) in [4.78, 5) is 16.4. The minimum atomic E-state index is -0.707. The van der Waals surface area contributed by atoms with Gasteiger partial charge in [0.15, 0.2) is 12.4 Å². The third-order valence-corrected chi connectivity index (χ3v) is 4.13. The predicted octanol–water partition coefficient (Wildman–Crippen LogP) is 3.75. The van der Waals surface area contributed by atoms with Crippen molar-refractivity contribution < 1.29 is 14.1 Å². The smallest absolute Gasteiger partial charge is 0.349 e. The van der Waals surface area contributed by atoms with Crippen molar-refractivity contribution in [1.82, 2.24) is 14.7 Å². The number of nitrogens with zero attached hydrogens (tertiary/aromatic N) is 4. The quantitative estimate of drug-likeness (QED) is 0.399. The van der Waals surface area contributed by atoms with E-state index in [9.17, 15) is 10.1 Å². The Kier molecular flexibility index (Phi) is 6.94. The van der Waals surface area contributed by atoms with Crippen LogP contribution in [0.1, 0.15) is 55.9 Å². The highest BCUT2D eigenvalue weighted by molar-refractivity contribution is 5.98. The maximum atomic E-state index is 12.3. The van der Waals surface area contributed by atoms with Crippen molar-refractivity contribution in [2.75, 3.05) is 0 Å². The maximum Gasteiger partial charge on any atom is 0.349 e. The molecule has 0 saturated carbocycles. The van der Waals surface area contributed by atoms with E-state index in [2.05, 4.69) is 35.5 Å². The van der Waals surface area contributed by atoms with E-state index in [0.717, 1.165) is 29.9 Å². The van der Waals surface area contributed by atoms with Crippen molar-refractivity contribution in [1.29, 1.82) is 5.26 Å². The summed E-state index contributed by atoms with van der Waals surface area (Å²) < 4.78 is 12.4. The van der Waals surface area contributed by atoms with Gasteiger partial charge in [-0.3, -0.25) is 0 Å². The molecule has 0 fully saturated rings. The minimum absolute atomic E-state index is 0.0614. The zero-order chi connectivity index (χ0) is 20.0. The van der Waals surface area contributed by atoms with Gasteiger partial charge in [-0.1, -0.05) is 25.9 Å². The number of nitriles is 1. The van der Waals surface area contributed by atoms with Crippen LogP contribution in [0.15, 0.2) is 16.2 Å². The van der Waals surface area contributed by atoms with Gasteiger partial charge in [-0.25, -0.2) is 4.79 Å². The Morgan fingerprint density at radius 3 is 2.81 bits per heavy atom. The molecule has 0 amide bonds. The highest BCUT2D eigenvalue weighted by Gasteiger charge is 2.16. The minimum Gasteiger partial charge on any atom is -0.451 e. The molecule has 2 rings (SSSR count). The number of esters is 1. The molecule has 27 heavy (non-hydrogen) atoms. The summed E-state index contributed by atoms with van der Waals surface area (Å²) in [7, 11) is 0. The first-order valence-electron chi connectivity index (χ1n) is 9.12. The largest absolute Gasteiger partial charge is 0.451 e. The topological polar surface area (TPSA) is 93.9 Å². The first-order chi connectivity index (χ1) is 12.8. The molecule has 0 aliphatic heterocycles. The average molecular weight is 370 g/mol. The molecule has 0 saturated heterocycles. The van der Waals surface area contributed by atoms with Crippen LogP contribution in [0.25, 0.3) is 6.08 Å². The fourth-order valence-electron chi connectivity index (χ4n) is 2.84. The van der Waals surface area contributed by atoms with E-state index in [4.69, 9.17) is 9.26 Å². The van der Waals surface area contributed by atoms with Crippen LogP contribution < -0.4 is 0 Å². The lowest BCUT2D eigenvalue weighted by molar-refractivity contribution is -0.140. The van der Waals surface area contributed by atoms with E-state index in [1.54, 1.807) is 6.08 Å². The summed E-state index contributed by atoms with van der Waals surface area (Å²) in [6, 6.07) is 3.88. The Balaban J connectivity index is 2.08. The molecule has 0 unspecified atom stereocenters. The normalized spacial score (nSPS) is 11.7. The summed E-state index contributed by atoms with van der Waals surface area (Å²) >= 11 is 0. The van der Waals surface area contributed by atoms with Gasteiger partial charge in [-0.15, -0.1) is 0 Å². The second-order valence-corrected chi connectivity index (χ2v) is 6.93. The molecule has 144 valence electrons. The third-order valence-electron chi connectivity index (χ3n) is 4.13. The van der Waals surface area contributed by atoms with Crippen LogP contribution >= 0.6 is 0 Å². The first kappa shape index (κ1) is 20.4. The summed E-state index contributed by atoms with van der Waals surface area (Å²) in [5.74, 6) is 0.493. The number of hydrogen-bond donors (Lipinski definition) is 0. The number of aryl methyl sites for hydroxylation is 1. The number of aromatic nitrogens is 3. The molecule has 2 aromatic rings. The fourth-order valence-corrected chi connectivity index (χ4v) is 2.84. The maximum absolute atomic E-state index is 12.3. The van der Waals surface area contributed by atoms with E-state index in [0.29, 0.717) is 18.2 Å². The predicted molar refractivity (Wildman–Crippen MR) is 100 cm³/mol. The van der Waals surface area contributed by atoms with Gasteiger partial charge in [0.25, 0.3) is 5.89 Å². The number of carbonyl (C=O) groups excluding carboxylic acids is 1. The van der Waals surface area contributed by atoms with Gasteiger partial charge in [0.1, 0.15) is 11.6 Å². The summed E-state index contributed by atoms with van der Waals surface area (Å²) in [5.41, 5.74) is 2.89. The zero-order valence-corrected chi connectivity index (χ0v) is 16.6. The van der Waals surface area contributed by atoms with Crippen LogP contribution in [0.5, 0.6) is 0 Å². The number of rotatable bonds is 8. The van der Waals surface area contributed by atoms with Crippen molar-refractivity contribution in [3.05, 3.63) is 40.3 Å². The molecular formula is C20H26N4O3. The van der Waals surface area contributed by atoms with Crippen LogP contribution in [0.4, 0.5) is 0 Å². The first-order valence-corrected chi connectivity index (χ1v) is 9.12. The molecule has 0 radical (unpaired) electrons. The molecule has 0 aliphatic rings. The molecule has 0 spiro atoms. The van der Waals surface area contributed by atoms with Gasteiger partial charge in [-0.05, 0) is 43.9 Å². The Bertz CT molecular complexity index is 868. The van der Waals surface area contributed by atoms with E-state index in [1.165, 1.54) is 0 Å². The molecule has 0 bridgehead atoms. The molecule has 0 atom stereocenters. The van der Waals surface area contributed by atoms with Crippen LogP contribution in [0, 0.1) is 31.1 Å². The van der Waals surface area contributed by atoms with Crippen molar-refractivity contribution in [3.8, 4) is 6.07 Å². The van der Waals surface area contributed by atoms with E-state index in [-0.39, 0.29) is 18.1 Å². The fraction of sp³-hybridized carbons (Fsp3) is 0.500. The molecule has 0 aromatic carbocycles. The van der Waals surface area contributed by atoms with Gasteiger partial charge < -0.3 is 13.8 Å². The Hall–Kier alpha value is -2.88. The van der Waals surface area contributed by atoms with Crippen molar-refractivity contribution in [3.63, 3.8) is 0 Å². The number of ether oxygens (including phenoxy) is 1. The van der Waals surface area contributed by atoms with Gasteiger partial charge in [-0.2, -0.15) is 10.2 Å². The second-order valence-electron chi connectivity index (χ2n) is 6.93. The second kappa shape index (κ2) is 9.17. The van der Waals surface area contributed by atoms with Crippen LogP contribution in [-0.2, 0) is 29.1 Å². The van der Waals surface area contributed by atoms with Gasteiger partial charge >= 0.3 is 5.97 Å². The summed E-state index contributed by atoms with van der Waals surface area (Å²) in [6.07, 6.45) is 3.26. The van der Waals surface area contributed by atoms with E-state index in [1.807, 2.05) is 26.0 Å². The monoisotopic (exact) mass is 370 g/mol. The lowest BCUT2D eigenvalue weighted by atomic mass is 10.1. The molecule has 0 aliphatic carbocycles. The van der Waals surface area contributed by atoms with Gasteiger partial charge in [0.2, 0.25) is 0 Å². The van der Waals surface area contributed by atoms with Crippen molar-refractivity contribution in [2.45, 2.75) is 60.6 Å². The van der Waals surface area contributed by atoms with Gasteiger partial charge in [0, 0.05) is 24.4 Å². The standard InChI is InChI=1S/C20H26N4O3/c1-6-7-24-14(4)9-16(15(24)5)10-17(11-21)20(25)26-12-19-22-18(23-27-19)8-13(2)3/h9-10,13H,6-8,12H2,1-5H3/b17-10+. The highest BCUT2D eigenvalue weighted by atomic mass is 16.6. The molecule has 7 nitrogen and oxygen atoms in total. The SMILES string of the molecule is CCCn1c(C)cc(/C=C(\C#N)C(=O)OCc2nc(CC(C)C)no2)c1C. The van der Waals surface area contributed by atoms with Crippen molar-refractivity contribution >= 4 is 12.0 Å². The molecule has 7 heteroatoms. The number of hydrogen-bond acceptors (Lipinski definition) is 6. The molecule has 2 heterocycles. The molecule has 2 aromatic heterocycles. The van der Waals surface area contributed by atoms with Gasteiger partial charge in [0.05, 0.1) is 0 Å². The lowest BCUT2D eigenvalue weighted by Crippen LogP contribution is -2.07. The summed E-state index contributed by atoms with van der Waals surface area (Å²) in [6.45, 7) is 10.9. The Labute approximate surface area is 159 Å². The van der Waals surface area contributed by atoms with E-state index < -0.39 is 5.97 Å². The Morgan fingerprint density at radius 1 is 1.44 bits per heavy atom. The number of carbonyl (C=O) groups is 1. The van der Waals surface area contributed by atoms with Crippen LogP contribution in [0.3, 0.4) is 0 Å². The zero-order valence-electron chi connectivity index (χ0n) is 16.6. The third kappa shape index (κ3) is 5.30. The average Bonchev–Trinajstić information content (AvgIpc) is 3.16. The summed E-state index contributed by atoms with van der Waals surface area (Å²) in [5, 5.41) is 13.2. The van der Waals surface area contributed by atoms with Crippen molar-refractivity contribution in [2.24, 2.45) is 5.92 Å². The lowest BCUT2D eigenvalue weighted by Gasteiger charge is -2.07. The van der Waals surface area contributed by atoms with Crippen LogP contribution in [0.2, 0.25) is 0 Å².